The minimum atomic E-state index is -1.04. The quantitative estimate of drug-likeness (QED) is 0.941. The zero-order valence-corrected chi connectivity index (χ0v) is 11.7. The molecule has 6 heteroatoms. The lowest BCUT2D eigenvalue weighted by atomic mass is 9.96. The smallest absolute Gasteiger partial charge is 0.191 e. The first kappa shape index (κ1) is 14.8. The molecule has 2 atom stereocenters. The van der Waals surface area contributed by atoms with Crippen LogP contribution in [-0.2, 0) is 0 Å². The van der Waals surface area contributed by atoms with Crippen molar-refractivity contribution >= 4 is 0 Å². The molecule has 1 aromatic carbocycles. The molecule has 2 heterocycles. The molecule has 116 valence electrons. The number of benzene rings is 1. The molecule has 22 heavy (non-hydrogen) atoms. The van der Waals surface area contributed by atoms with Crippen LogP contribution in [0.3, 0.4) is 0 Å². The van der Waals surface area contributed by atoms with Gasteiger partial charge in [-0.3, -0.25) is 4.98 Å². The van der Waals surface area contributed by atoms with Crippen LogP contribution in [0.2, 0.25) is 0 Å². The first-order valence-electron chi connectivity index (χ1n) is 7.07. The molecule has 1 saturated heterocycles. The molecule has 0 bridgehead atoms. The van der Waals surface area contributed by atoms with Crippen LogP contribution in [0.5, 0.6) is 5.75 Å². The van der Waals surface area contributed by atoms with E-state index in [2.05, 4.69) is 10.3 Å². The summed E-state index contributed by atoms with van der Waals surface area (Å²) in [6.07, 6.45) is 3.51. The predicted molar refractivity (Wildman–Crippen MR) is 74.9 cm³/mol. The Kier molecular flexibility index (Phi) is 4.29. The Morgan fingerprint density at radius 3 is 2.59 bits per heavy atom. The van der Waals surface area contributed by atoms with Crippen molar-refractivity contribution in [3.8, 4) is 5.75 Å². The molecule has 1 aliphatic rings. The standard InChI is InChI=1S/C16H15F3N2O/c17-12-6-13(18)16(14(19)7-12)22-15(11-3-5-21-9-11)10-2-1-4-20-8-10/h1-2,4,6-8,11,15,21H,3,5,9H2/t11-,15-/m1/s1. The van der Waals surface area contributed by atoms with Crippen LogP contribution in [0.4, 0.5) is 13.2 Å². The second-order valence-corrected chi connectivity index (χ2v) is 5.28. The van der Waals surface area contributed by atoms with Gasteiger partial charge in [-0.1, -0.05) is 6.07 Å². The number of nitrogens with zero attached hydrogens (tertiary/aromatic N) is 1. The summed E-state index contributed by atoms with van der Waals surface area (Å²) in [6, 6.07) is 4.78. The maximum Gasteiger partial charge on any atom is 0.191 e. The van der Waals surface area contributed by atoms with E-state index >= 15 is 0 Å². The number of halogens is 3. The van der Waals surface area contributed by atoms with E-state index in [4.69, 9.17) is 4.74 Å². The van der Waals surface area contributed by atoms with Crippen molar-refractivity contribution in [2.75, 3.05) is 13.1 Å². The number of aromatic nitrogens is 1. The lowest BCUT2D eigenvalue weighted by Crippen LogP contribution is -2.22. The number of hydrogen-bond donors (Lipinski definition) is 1. The van der Waals surface area contributed by atoms with E-state index in [1.807, 2.05) is 0 Å². The van der Waals surface area contributed by atoms with Crippen LogP contribution in [0.25, 0.3) is 0 Å². The molecule has 0 unspecified atom stereocenters. The molecule has 1 aromatic heterocycles. The molecule has 1 aliphatic heterocycles. The highest BCUT2D eigenvalue weighted by Crippen LogP contribution is 2.34. The molecular weight excluding hydrogens is 293 g/mol. The van der Waals surface area contributed by atoms with Gasteiger partial charge in [0, 0.05) is 42.6 Å². The second kappa shape index (κ2) is 6.36. The Morgan fingerprint density at radius 2 is 2.00 bits per heavy atom. The monoisotopic (exact) mass is 308 g/mol. The first-order chi connectivity index (χ1) is 10.6. The van der Waals surface area contributed by atoms with Gasteiger partial charge in [0.05, 0.1) is 0 Å². The van der Waals surface area contributed by atoms with Crippen molar-refractivity contribution in [3.05, 3.63) is 59.7 Å². The molecule has 0 radical (unpaired) electrons. The molecule has 0 saturated carbocycles. The third kappa shape index (κ3) is 3.06. The molecule has 3 nitrogen and oxygen atoms in total. The van der Waals surface area contributed by atoms with Crippen molar-refractivity contribution < 1.29 is 17.9 Å². The third-order valence-electron chi connectivity index (χ3n) is 3.75. The van der Waals surface area contributed by atoms with E-state index in [9.17, 15) is 13.2 Å². The van der Waals surface area contributed by atoms with Gasteiger partial charge in [-0.2, -0.15) is 0 Å². The summed E-state index contributed by atoms with van der Waals surface area (Å²) < 4.78 is 46.3. The lowest BCUT2D eigenvalue weighted by Gasteiger charge is -2.25. The number of ether oxygens (including phenoxy) is 1. The van der Waals surface area contributed by atoms with Crippen molar-refractivity contribution in [1.82, 2.24) is 10.3 Å². The maximum absolute atomic E-state index is 13.8. The van der Waals surface area contributed by atoms with E-state index in [-0.39, 0.29) is 5.92 Å². The highest BCUT2D eigenvalue weighted by Gasteiger charge is 2.30. The molecule has 0 spiro atoms. The summed E-state index contributed by atoms with van der Waals surface area (Å²) in [5.41, 5.74) is 0.735. The molecule has 1 fully saturated rings. The van der Waals surface area contributed by atoms with Gasteiger partial charge in [0.2, 0.25) is 0 Å². The topological polar surface area (TPSA) is 34.1 Å². The summed E-state index contributed by atoms with van der Waals surface area (Å²) in [5, 5.41) is 3.20. The molecule has 2 aromatic rings. The van der Waals surface area contributed by atoms with Crippen LogP contribution < -0.4 is 10.1 Å². The SMILES string of the molecule is Fc1cc(F)c(O[C@H](c2cccnc2)[C@@H]2CCNC2)c(F)c1. The Balaban J connectivity index is 1.94. The zero-order chi connectivity index (χ0) is 15.5. The average Bonchev–Trinajstić information content (AvgIpc) is 3.01. The zero-order valence-electron chi connectivity index (χ0n) is 11.7. The molecular formula is C16H15F3N2O. The van der Waals surface area contributed by atoms with Gasteiger partial charge in [0.1, 0.15) is 11.9 Å². The summed E-state index contributed by atoms with van der Waals surface area (Å²) in [4.78, 5) is 4.03. The normalized spacial score (nSPS) is 19.1. The number of nitrogens with one attached hydrogen (secondary N) is 1. The van der Waals surface area contributed by atoms with Gasteiger partial charge >= 0.3 is 0 Å². The van der Waals surface area contributed by atoms with E-state index in [1.54, 1.807) is 24.5 Å². The molecule has 0 aliphatic carbocycles. The largest absolute Gasteiger partial charge is 0.479 e. The van der Waals surface area contributed by atoms with Crippen LogP contribution in [0.15, 0.2) is 36.7 Å². The average molecular weight is 308 g/mol. The highest BCUT2D eigenvalue weighted by atomic mass is 19.1. The Labute approximate surface area is 126 Å². The van der Waals surface area contributed by atoms with Crippen LogP contribution in [0.1, 0.15) is 18.1 Å². The predicted octanol–water partition coefficient (Wildman–Crippen LogP) is 3.23. The Bertz CT molecular complexity index is 622. The van der Waals surface area contributed by atoms with Crippen LogP contribution in [0, 0.1) is 23.4 Å². The van der Waals surface area contributed by atoms with Crippen LogP contribution >= 0.6 is 0 Å². The van der Waals surface area contributed by atoms with E-state index in [0.717, 1.165) is 18.5 Å². The summed E-state index contributed by atoms with van der Waals surface area (Å²) in [6.45, 7) is 1.50. The van der Waals surface area contributed by atoms with Crippen molar-refractivity contribution in [1.29, 1.82) is 0 Å². The Morgan fingerprint density at radius 1 is 1.23 bits per heavy atom. The van der Waals surface area contributed by atoms with Crippen molar-refractivity contribution in [3.63, 3.8) is 0 Å². The van der Waals surface area contributed by atoms with Gasteiger partial charge in [0.25, 0.3) is 0 Å². The fourth-order valence-electron chi connectivity index (χ4n) is 2.68. The van der Waals surface area contributed by atoms with Gasteiger partial charge in [-0.05, 0) is 19.0 Å². The minimum absolute atomic E-state index is 0.0630. The van der Waals surface area contributed by atoms with Crippen molar-refractivity contribution in [2.24, 2.45) is 5.92 Å². The number of pyridine rings is 1. The highest BCUT2D eigenvalue weighted by molar-refractivity contribution is 5.28. The van der Waals surface area contributed by atoms with E-state index in [1.165, 1.54) is 0 Å². The van der Waals surface area contributed by atoms with Gasteiger partial charge in [-0.15, -0.1) is 0 Å². The number of hydrogen-bond acceptors (Lipinski definition) is 3. The molecule has 3 rings (SSSR count). The Hall–Kier alpha value is -2.08. The summed E-state index contributed by atoms with van der Waals surface area (Å²) in [7, 11) is 0. The maximum atomic E-state index is 13.8. The van der Waals surface area contributed by atoms with Gasteiger partial charge < -0.3 is 10.1 Å². The number of rotatable bonds is 4. The van der Waals surface area contributed by atoms with E-state index < -0.39 is 29.3 Å². The van der Waals surface area contributed by atoms with Crippen molar-refractivity contribution in [2.45, 2.75) is 12.5 Å². The minimum Gasteiger partial charge on any atom is -0.479 e. The molecule has 0 amide bonds. The fourth-order valence-corrected chi connectivity index (χ4v) is 2.68. The van der Waals surface area contributed by atoms with Crippen LogP contribution in [-0.4, -0.2) is 18.1 Å². The summed E-state index contributed by atoms with van der Waals surface area (Å²) >= 11 is 0. The first-order valence-corrected chi connectivity index (χ1v) is 7.07. The second-order valence-electron chi connectivity index (χ2n) is 5.28. The lowest BCUT2D eigenvalue weighted by molar-refractivity contribution is 0.131. The van der Waals surface area contributed by atoms with Gasteiger partial charge in [-0.25, -0.2) is 13.2 Å². The molecule has 1 N–H and O–H groups in total. The van der Waals surface area contributed by atoms with E-state index in [0.29, 0.717) is 18.7 Å². The summed E-state index contributed by atoms with van der Waals surface area (Å²) in [5.74, 6) is -3.55. The van der Waals surface area contributed by atoms with Gasteiger partial charge in [0.15, 0.2) is 17.4 Å². The fraction of sp³-hybridized carbons (Fsp3) is 0.312. The third-order valence-corrected chi connectivity index (χ3v) is 3.75.